The van der Waals surface area contributed by atoms with Gasteiger partial charge in [0.15, 0.2) is 0 Å². The summed E-state index contributed by atoms with van der Waals surface area (Å²) in [6, 6.07) is 4.88. The van der Waals surface area contributed by atoms with Crippen LogP contribution in [0.5, 0.6) is 0 Å². The summed E-state index contributed by atoms with van der Waals surface area (Å²) in [6.07, 6.45) is -2.24. The average molecular weight is 375 g/mol. The summed E-state index contributed by atoms with van der Waals surface area (Å²) in [7, 11) is 0. The van der Waals surface area contributed by atoms with Crippen molar-refractivity contribution in [3.05, 3.63) is 23.8 Å². The fraction of sp³-hybridized carbons (Fsp3) is 0.529. The van der Waals surface area contributed by atoms with E-state index in [-0.39, 0.29) is 12.3 Å². The van der Waals surface area contributed by atoms with Crippen LogP contribution in [-0.4, -0.2) is 28.9 Å². The van der Waals surface area contributed by atoms with Gasteiger partial charge in [-0.25, -0.2) is 0 Å². The van der Waals surface area contributed by atoms with Crippen molar-refractivity contribution < 1.29 is 27.9 Å². The lowest BCUT2D eigenvalue weighted by Gasteiger charge is -2.26. The van der Waals surface area contributed by atoms with E-state index in [9.17, 15) is 22.8 Å². The van der Waals surface area contributed by atoms with Crippen LogP contribution in [0.1, 0.15) is 31.2 Å². The Kier molecular flexibility index (Phi) is 6.37. The molecule has 1 aromatic rings. The molecule has 0 bridgehead atoms. The maximum absolute atomic E-state index is 12.5. The minimum Gasteiger partial charge on any atom is -0.481 e. The first kappa shape index (κ1) is 19.6. The third-order valence-electron chi connectivity index (χ3n) is 4.18. The molecule has 0 spiro atoms. The van der Waals surface area contributed by atoms with E-state index in [2.05, 4.69) is 5.32 Å². The zero-order valence-electron chi connectivity index (χ0n) is 13.7. The first-order valence-corrected chi connectivity index (χ1v) is 8.98. The van der Waals surface area contributed by atoms with E-state index in [0.29, 0.717) is 41.6 Å². The van der Waals surface area contributed by atoms with Gasteiger partial charge < -0.3 is 10.4 Å². The van der Waals surface area contributed by atoms with E-state index in [1.165, 1.54) is 0 Å². The zero-order chi connectivity index (χ0) is 18.6. The lowest BCUT2D eigenvalue weighted by Crippen LogP contribution is -2.31. The van der Waals surface area contributed by atoms with E-state index in [0.717, 1.165) is 5.56 Å². The highest BCUT2D eigenvalue weighted by atomic mass is 32.2. The van der Waals surface area contributed by atoms with Crippen LogP contribution < -0.4 is 5.32 Å². The number of hydrogen-bond donors (Lipinski definition) is 2. The topological polar surface area (TPSA) is 66.4 Å². The van der Waals surface area contributed by atoms with Crippen molar-refractivity contribution in [3.63, 3.8) is 0 Å². The molecule has 2 rings (SSSR count). The molecule has 8 heteroatoms. The number of anilines is 1. The molecule has 2 unspecified atom stereocenters. The summed E-state index contributed by atoms with van der Waals surface area (Å²) < 4.78 is 37.4. The second kappa shape index (κ2) is 8.12. The van der Waals surface area contributed by atoms with Gasteiger partial charge in [0.25, 0.3) is 0 Å². The van der Waals surface area contributed by atoms with Crippen LogP contribution >= 0.6 is 11.8 Å². The van der Waals surface area contributed by atoms with Crippen molar-refractivity contribution in [1.29, 1.82) is 0 Å². The minimum atomic E-state index is -4.30. The van der Waals surface area contributed by atoms with Crippen molar-refractivity contribution in [2.45, 2.75) is 43.7 Å². The molecule has 0 saturated heterocycles. The quantitative estimate of drug-likeness (QED) is 0.745. The molecule has 1 fully saturated rings. The molecule has 2 atom stereocenters. The summed E-state index contributed by atoms with van der Waals surface area (Å²) >= 11 is 0.623. The molecule has 138 valence electrons. The van der Waals surface area contributed by atoms with Crippen molar-refractivity contribution >= 4 is 29.3 Å². The summed E-state index contributed by atoms with van der Waals surface area (Å²) in [5.74, 6) is -3.25. The van der Waals surface area contributed by atoms with Crippen LogP contribution in [0.3, 0.4) is 0 Å². The number of nitrogens with one attached hydrogen (secondary N) is 1. The van der Waals surface area contributed by atoms with Gasteiger partial charge in [0, 0.05) is 10.8 Å². The highest BCUT2D eigenvalue weighted by Crippen LogP contribution is 2.35. The first-order valence-electron chi connectivity index (χ1n) is 7.99. The third-order valence-corrected chi connectivity index (χ3v) is 5.32. The smallest absolute Gasteiger partial charge is 0.398 e. The van der Waals surface area contributed by atoms with Gasteiger partial charge in [-0.15, -0.1) is 11.8 Å². The minimum absolute atomic E-state index is 0.262. The van der Waals surface area contributed by atoms with Crippen LogP contribution in [0.4, 0.5) is 18.9 Å². The number of carbonyl (C=O) groups excluding carboxylic acids is 1. The molecule has 0 aliphatic heterocycles. The number of hydrogen-bond acceptors (Lipinski definition) is 3. The largest absolute Gasteiger partial charge is 0.481 e. The van der Waals surface area contributed by atoms with Crippen LogP contribution in [-0.2, 0) is 9.59 Å². The number of rotatable bonds is 5. The predicted molar refractivity (Wildman–Crippen MR) is 89.7 cm³/mol. The first-order chi connectivity index (χ1) is 11.7. The Morgan fingerprint density at radius 2 is 1.96 bits per heavy atom. The van der Waals surface area contributed by atoms with E-state index >= 15 is 0 Å². The zero-order valence-corrected chi connectivity index (χ0v) is 14.5. The number of carboxylic acid groups (broad SMARTS) is 1. The molecule has 4 nitrogen and oxygen atoms in total. The fourth-order valence-electron chi connectivity index (χ4n) is 2.91. The molecule has 1 aliphatic carbocycles. The van der Waals surface area contributed by atoms with Gasteiger partial charge in [0.2, 0.25) is 5.91 Å². The van der Waals surface area contributed by atoms with E-state index in [1.54, 1.807) is 25.1 Å². The van der Waals surface area contributed by atoms with Crippen molar-refractivity contribution in [1.82, 2.24) is 0 Å². The molecule has 25 heavy (non-hydrogen) atoms. The highest BCUT2D eigenvalue weighted by Gasteiger charge is 2.32. The average Bonchev–Trinajstić information content (AvgIpc) is 2.53. The van der Waals surface area contributed by atoms with Gasteiger partial charge in [-0.1, -0.05) is 12.5 Å². The molecule has 0 aromatic heterocycles. The Balaban J connectivity index is 2.09. The fourth-order valence-corrected chi connectivity index (χ4v) is 3.66. The van der Waals surface area contributed by atoms with Gasteiger partial charge >= 0.3 is 12.1 Å². The Morgan fingerprint density at radius 3 is 2.60 bits per heavy atom. The molecule has 1 aliphatic rings. The number of aliphatic carboxylic acids is 1. The van der Waals surface area contributed by atoms with Gasteiger partial charge in [-0.3, -0.25) is 9.59 Å². The summed E-state index contributed by atoms with van der Waals surface area (Å²) in [5.41, 5.74) is 1.16. The SMILES string of the molecule is Cc1ccc(SCC(F)(F)F)c(NC(=O)C2CCCC(C(=O)O)C2)c1. The van der Waals surface area contributed by atoms with Crippen LogP contribution in [0, 0.1) is 18.8 Å². The van der Waals surface area contributed by atoms with Gasteiger partial charge in [0.1, 0.15) is 0 Å². The van der Waals surface area contributed by atoms with Crippen molar-refractivity contribution in [2.24, 2.45) is 11.8 Å². The number of benzene rings is 1. The van der Waals surface area contributed by atoms with Gasteiger partial charge in [0.05, 0.1) is 17.4 Å². The number of carboxylic acids is 1. The lowest BCUT2D eigenvalue weighted by atomic mass is 9.81. The number of alkyl halides is 3. The molecule has 0 heterocycles. The maximum atomic E-state index is 12.5. The van der Waals surface area contributed by atoms with E-state index in [4.69, 9.17) is 5.11 Å². The van der Waals surface area contributed by atoms with Crippen LogP contribution in [0.25, 0.3) is 0 Å². The lowest BCUT2D eigenvalue weighted by molar-refractivity contribution is -0.143. The molecule has 1 saturated carbocycles. The third kappa shape index (κ3) is 5.95. The molecule has 1 amide bonds. The van der Waals surface area contributed by atoms with Gasteiger partial charge in [-0.2, -0.15) is 13.2 Å². The van der Waals surface area contributed by atoms with Crippen molar-refractivity contribution in [2.75, 3.05) is 11.1 Å². The maximum Gasteiger partial charge on any atom is 0.398 e. The van der Waals surface area contributed by atoms with Crippen LogP contribution in [0.15, 0.2) is 23.1 Å². The highest BCUT2D eigenvalue weighted by molar-refractivity contribution is 7.99. The Hall–Kier alpha value is -1.70. The number of amides is 1. The second-order valence-corrected chi connectivity index (χ2v) is 7.31. The number of thioether (sulfide) groups is 1. The van der Waals surface area contributed by atoms with E-state index in [1.807, 2.05) is 0 Å². The summed E-state index contributed by atoms with van der Waals surface area (Å²) in [4.78, 5) is 23.9. The van der Waals surface area contributed by atoms with Gasteiger partial charge in [-0.05, 0) is 43.9 Å². The molecule has 2 N–H and O–H groups in total. The van der Waals surface area contributed by atoms with E-state index < -0.39 is 29.7 Å². The summed E-state index contributed by atoms with van der Waals surface area (Å²) in [5, 5.41) is 11.8. The molecule has 1 aromatic carbocycles. The monoisotopic (exact) mass is 375 g/mol. The summed E-state index contributed by atoms with van der Waals surface area (Å²) in [6.45, 7) is 1.79. The second-order valence-electron chi connectivity index (χ2n) is 6.29. The number of carbonyl (C=O) groups is 2. The normalized spacial score (nSPS) is 21.0. The molecule has 0 radical (unpaired) electrons. The number of aryl methyl sites for hydroxylation is 1. The molecular weight excluding hydrogens is 355 g/mol. The standard InChI is InChI=1S/C17H20F3NO3S/c1-10-5-6-14(25-9-17(18,19)20)13(7-10)21-15(22)11-3-2-4-12(8-11)16(23)24/h5-7,11-12H,2-4,8-9H2,1H3,(H,21,22)(H,23,24). The Bertz CT molecular complexity index is 649. The molecular formula is C17H20F3NO3S. The number of halogens is 3. The van der Waals surface area contributed by atoms with Crippen molar-refractivity contribution in [3.8, 4) is 0 Å². The Labute approximate surface area is 148 Å². The Morgan fingerprint density at radius 1 is 1.28 bits per heavy atom. The predicted octanol–water partition coefficient (Wildman–Crippen LogP) is 4.48. The van der Waals surface area contributed by atoms with Crippen LogP contribution in [0.2, 0.25) is 0 Å².